The maximum absolute atomic E-state index is 12.9. The van der Waals surface area contributed by atoms with Crippen molar-refractivity contribution in [3.8, 4) is 17.2 Å². The van der Waals surface area contributed by atoms with E-state index in [4.69, 9.17) is 14.3 Å². The molecule has 0 aliphatic carbocycles. The highest BCUT2D eigenvalue weighted by molar-refractivity contribution is 5.35. The number of para-hydroxylation sites is 1. The van der Waals surface area contributed by atoms with E-state index in [1.165, 1.54) is 12.1 Å². The third kappa shape index (κ3) is 3.84. The fraction of sp³-hybridized carbons (Fsp3) is 0.0476. The first-order chi connectivity index (χ1) is 12.8. The Labute approximate surface area is 150 Å². The Morgan fingerprint density at radius 3 is 2.08 bits per heavy atom. The van der Waals surface area contributed by atoms with Crippen LogP contribution in [0.5, 0.6) is 17.2 Å². The Hall–Kier alpha value is -3.31. The molecule has 0 bridgehead atoms. The normalized spacial score (nSPS) is 15.9. The van der Waals surface area contributed by atoms with Gasteiger partial charge in [-0.2, -0.15) is 0 Å². The lowest BCUT2D eigenvalue weighted by Crippen LogP contribution is -2.12. The molecule has 0 amide bonds. The molecule has 4 rings (SSSR count). The maximum Gasteiger partial charge on any atom is 0.216 e. The van der Waals surface area contributed by atoms with Gasteiger partial charge in [0, 0.05) is 6.08 Å². The maximum atomic E-state index is 12.9. The predicted molar refractivity (Wildman–Crippen MR) is 95.0 cm³/mol. The van der Waals surface area contributed by atoms with Gasteiger partial charge in [-0.15, -0.1) is 0 Å². The zero-order valence-corrected chi connectivity index (χ0v) is 13.8. The van der Waals surface area contributed by atoms with E-state index in [1.807, 2.05) is 60.7 Å². The highest BCUT2D eigenvalue weighted by Gasteiger charge is 2.20. The molecule has 0 spiro atoms. The first kappa shape index (κ1) is 16.2. The number of rotatable bonds is 5. The van der Waals surface area contributed by atoms with Crippen LogP contribution in [-0.2, 0) is 4.84 Å². The van der Waals surface area contributed by atoms with Gasteiger partial charge in [-0.1, -0.05) is 30.3 Å². The van der Waals surface area contributed by atoms with Crippen LogP contribution >= 0.6 is 0 Å². The molecule has 0 saturated carbocycles. The zero-order valence-electron chi connectivity index (χ0n) is 13.8. The predicted octanol–water partition coefficient (Wildman–Crippen LogP) is 5.11. The van der Waals surface area contributed by atoms with Gasteiger partial charge in [0.2, 0.25) is 5.88 Å². The topological polar surface area (TPSA) is 39.7 Å². The minimum atomic E-state index is -0.308. The van der Waals surface area contributed by atoms with Crippen molar-refractivity contribution in [1.82, 2.24) is 5.48 Å². The van der Waals surface area contributed by atoms with Crippen LogP contribution in [0.3, 0.4) is 0 Å². The second kappa shape index (κ2) is 7.29. The van der Waals surface area contributed by atoms with Crippen LogP contribution in [0.15, 0.2) is 90.8 Å². The number of ether oxygens (including phenoxy) is 2. The summed E-state index contributed by atoms with van der Waals surface area (Å²) in [6, 6.07) is 23.0. The largest absolute Gasteiger partial charge is 0.457 e. The van der Waals surface area contributed by atoms with Gasteiger partial charge in [-0.3, -0.25) is 4.84 Å². The van der Waals surface area contributed by atoms with Gasteiger partial charge >= 0.3 is 0 Å². The Bertz CT molecular complexity index is 893. The highest BCUT2D eigenvalue weighted by Crippen LogP contribution is 2.28. The van der Waals surface area contributed by atoms with Gasteiger partial charge in [-0.05, 0) is 54.1 Å². The molecule has 0 saturated heterocycles. The fourth-order valence-electron chi connectivity index (χ4n) is 2.53. The molecule has 3 aromatic rings. The van der Waals surface area contributed by atoms with Gasteiger partial charge in [-0.25, -0.2) is 9.87 Å². The summed E-state index contributed by atoms with van der Waals surface area (Å²) in [7, 11) is 0. The molecule has 1 heterocycles. The first-order valence-electron chi connectivity index (χ1n) is 8.16. The zero-order chi connectivity index (χ0) is 17.8. The summed E-state index contributed by atoms with van der Waals surface area (Å²) < 4.78 is 24.3. The molecule has 3 aromatic carbocycles. The molecule has 1 aliphatic heterocycles. The third-order valence-corrected chi connectivity index (χ3v) is 3.82. The second-order valence-electron chi connectivity index (χ2n) is 5.71. The molecular formula is C21H16FNO3. The standard InChI is InChI=1S/C21H16FNO3/c22-16-8-12-19(13-9-16)25-21-14-20(26-23-21)15-6-10-18(11-7-15)24-17-4-2-1-3-5-17/h1-14,20,23H. The first-order valence-corrected chi connectivity index (χ1v) is 8.16. The summed E-state index contributed by atoms with van der Waals surface area (Å²) in [5.74, 6) is 2.22. The molecule has 1 atom stereocenters. The van der Waals surface area contributed by atoms with Gasteiger partial charge < -0.3 is 9.47 Å². The van der Waals surface area contributed by atoms with Crippen LogP contribution in [0.2, 0.25) is 0 Å². The second-order valence-corrected chi connectivity index (χ2v) is 5.71. The summed E-state index contributed by atoms with van der Waals surface area (Å²) in [4.78, 5) is 5.52. The molecule has 130 valence electrons. The summed E-state index contributed by atoms with van der Waals surface area (Å²) in [6.45, 7) is 0. The minimum Gasteiger partial charge on any atom is -0.457 e. The molecule has 0 aromatic heterocycles. The lowest BCUT2D eigenvalue weighted by atomic mass is 10.1. The van der Waals surface area contributed by atoms with Crippen LogP contribution in [0.1, 0.15) is 11.7 Å². The van der Waals surface area contributed by atoms with Crippen LogP contribution in [0.4, 0.5) is 4.39 Å². The molecule has 1 unspecified atom stereocenters. The molecule has 0 radical (unpaired) electrons. The number of benzene rings is 3. The lowest BCUT2D eigenvalue weighted by Gasteiger charge is -2.09. The summed E-state index contributed by atoms with van der Waals surface area (Å²) in [5, 5.41) is 0. The van der Waals surface area contributed by atoms with E-state index < -0.39 is 0 Å². The Balaban J connectivity index is 1.41. The average Bonchev–Trinajstić information content (AvgIpc) is 3.14. The summed E-state index contributed by atoms with van der Waals surface area (Å²) >= 11 is 0. The number of hydrogen-bond donors (Lipinski definition) is 1. The quantitative estimate of drug-likeness (QED) is 0.694. The Morgan fingerprint density at radius 1 is 0.731 bits per heavy atom. The van der Waals surface area contributed by atoms with Crippen molar-refractivity contribution in [3.05, 3.63) is 102 Å². The van der Waals surface area contributed by atoms with E-state index in [2.05, 4.69) is 5.48 Å². The molecule has 26 heavy (non-hydrogen) atoms. The van der Waals surface area contributed by atoms with Gasteiger partial charge in [0.1, 0.15) is 29.2 Å². The minimum absolute atomic E-state index is 0.281. The SMILES string of the molecule is Fc1ccc(OC2=CC(c3ccc(Oc4ccccc4)cc3)ON2)cc1. The summed E-state index contributed by atoms with van der Waals surface area (Å²) in [5.41, 5.74) is 3.69. The van der Waals surface area contributed by atoms with E-state index in [9.17, 15) is 4.39 Å². The van der Waals surface area contributed by atoms with E-state index in [0.717, 1.165) is 17.1 Å². The van der Waals surface area contributed by atoms with Crippen molar-refractivity contribution in [2.24, 2.45) is 0 Å². The molecular weight excluding hydrogens is 333 g/mol. The smallest absolute Gasteiger partial charge is 0.216 e. The third-order valence-electron chi connectivity index (χ3n) is 3.82. The Kier molecular flexibility index (Phi) is 4.53. The van der Waals surface area contributed by atoms with Crippen molar-refractivity contribution in [2.75, 3.05) is 0 Å². The van der Waals surface area contributed by atoms with Crippen molar-refractivity contribution in [1.29, 1.82) is 0 Å². The molecule has 4 nitrogen and oxygen atoms in total. The van der Waals surface area contributed by atoms with Crippen molar-refractivity contribution in [2.45, 2.75) is 6.10 Å². The molecule has 1 aliphatic rings. The number of hydroxylamine groups is 1. The van der Waals surface area contributed by atoms with Crippen molar-refractivity contribution in [3.63, 3.8) is 0 Å². The molecule has 0 fully saturated rings. The van der Waals surface area contributed by atoms with Gasteiger partial charge in [0.25, 0.3) is 0 Å². The van der Waals surface area contributed by atoms with Gasteiger partial charge in [0.05, 0.1) is 0 Å². The van der Waals surface area contributed by atoms with E-state index in [1.54, 1.807) is 12.1 Å². The van der Waals surface area contributed by atoms with Gasteiger partial charge in [0.15, 0.2) is 0 Å². The number of hydrogen-bond acceptors (Lipinski definition) is 4. The average molecular weight is 349 g/mol. The number of halogens is 1. The van der Waals surface area contributed by atoms with Crippen LogP contribution in [0.25, 0.3) is 0 Å². The monoisotopic (exact) mass is 349 g/mol. The van der Waals surface area contributed by atoms with Crippen LogP contribution in [0, 0.1) is 5.82 Å². The van der Waals surface area contributed by atoms with Crippen molar-refractivity contribution >= 4 is 0 Å². The molecule has 1 N–H and O–H groups in total. The van der Waals surface area contributed by atoms with Crippen LogP contribution < -0.4 is 15.0 Å². The highest BCUT2D eigenvalue weighted by atomic mass is 19.1. The summed E-state index contributed by atoms with van der Waals surface area (Å²) in [6.07, 6.45) is 1.53. The van der Waals surface area contributed by atoms with Crippen molar-refractivity contribution < 1.29 is 18.7 Å². The fourth-order valence-corrected chi connectivity index (χ4v) is 2.53. The lowest BCUT2D eigenvalue weighted by molar-refractivity contribution is 0.0273. The van der Waals surface area contributed by atoms with Crippen LogP contribution in [-0.4, -0.2) is 0 Å². The van der Waals surface area contributed by atoms with E-state index in [0.29, 0.717) is 11.6 Å². The van der Waals surface area contributed by atoms with E-state index in [-0.39, 0.29) is 11.9 Å². The van der Waals surface area contributed by atoms with E-state index >= 15 is 0 Å². The number of nitrogens with one attached hydrogen (secondary N) is 1. The Morgan fingerprint density at radius 2 is 1.35 bits per heavy atom. The molecule has 5 heteroatoms.